The number of rotatable bonds is 6. The number of fused-ring (bicyclic) bond motifs is 1. The van der Waals surface area contributed by atoms with Crippen molar-refractivity contribution >= 4 is 17.6 Å². The van der Waals surface area contributed by atoms with E-state index < -0.39 is 0 Å². The summed E-state index contributed by atoms with van der Waals surface area (Å²) in [5.41, 5.74) is 4.51. The van der Waals surface area contributed by atoms with Crippen LogP contribution in [0.15, 0.2) is 48.5 Å². The van der Waals surface area contributed by atoms with Crippen LogP contribution in [0.5, 0.6) is 0 Å². The molecule has 0 saturated carbocycles. The third kappa shape index (κ3) is 4.69. The van der Waals surface area contributed by atoms with Crippen LogP contribution in [0.4, 0.5) is 5.69 Å². The Kier molecular flexibility index (Phi) is 5.49. The topological polar surface area (TPSA) is 55.4 Å². The zero-order chi connectivity index (χ0) is 17.6. The summed E-state index contributed by atoms with van der Waals surface area (Å²) in [6, 6.07) is 15.8. The molecule has 0 aliphatic heterocycles. The van der Waals surface area contributed by atoms with Crippen LogP contribution in [0, 0.1) is 0 Å². The lowest BCUT2D eigenvalue weighted by Crippen LogP contribution is -2.21. The second kappa shape index (κ2) is 7.97. The van der Waals surface area contributed by atoms with E-state index in [2.05, 4.69) is 11.4 Å². The zero-order valence-corrected chi connectivity index (χ0v) is 14.5. The maximum atomic E-state index is 12.0. The monoisotopic (exact) mass is 337 g/mol. The smallest absolute Gasteiger partial charge is 0.306 e. The molecule has 0 aromatic heterocycles. The fourth-order valence-electron chi connectivity index (χ4n) is 3.20. The van der Waals surface area contributed by atoms with Crippen molar-refractivity contribution in [3.8, 4) is 0 Å². The van der Waals surface area contributed by atoms with Crippen LogP contribution in [-0.4, -0.2) is 18.5 Å². The summed E-state index contributed by atoms with van der Waals surface area (Å²) in [5.74, 6) is -0.604. The van der Waals surface area contributed by atoms with Gasteiger partial charge in [-0.2, -0.15) is 0 Å². The molecule has 2 aromatic carbocycles. The van der Waals surface area contributed by atoms with Gasteiger partial charge in [0, 0.05) is 5.69 Å². The zero-order valence-electron chi connectivity index (χ0n) is 14.5. The molecule has 4 heteroatoms. The molecular formula is C21H23NO3. The molecule has 3 rings (SSSR count). The molecule has 0 unspecified atom stereocenters. The molecule has 0 fully saturated rings. The summed E-state index contributed by atoms with van der Waals surface area (Å²) in [5, 5.41) is 2.80. The Bertz CT molecular complexity index is 755. The van der Waals surface area contributed by atoms with E-state index in [9.17, 15) is 9.59 Å². The van der Waals surface area contributed by atoms with Crippen molar-refractivity contribution < 1.29 is 14.3 Å². The Morgan fingerprint density at radius 1 is 1.08 bits per heavy atom. The largest absolute Gasteiger partial charge is 0.456 e. The van der Waals surface area contributed by atoms with Gasteiger partial charge in [0.25, 0.3) is 5.91 Å². The molecule has 1 aliphatic rings. The minimum absolute atomic E-state index is 0.0634. The molecule has 0 radical (unpaired) electrons. The Hall–Kier alpha value is -2.62. The number of hydrogen-bond donors (Lipinski definition) is 1. The fraction of sp³-hybridized carbons (Fsp3) is 0.333. The number of aryl methyl sites for hydroxylation is 2. The number of nitrogens with one attached hydrogen (secondary N) is 1. The van der Waals surface area contributed by atoms with E-state index in [-0.39, 0.29) is 30.8 Å². The minimum Gasteiger partial charge on any atom is -0.456 e. The molecule has 1 amide bonds. The van der Waals surface area contributed by atoms with Gasteiger partial charge in [0.15, 0.2) is 6.61 Å². The molecule has 130 valence electrons. The average molecular weight is 337 g/mol. The molecule has 2 aromatic rings. The van der Waals surface area contributed by atoms with Crippen molar-refractivity contribution in [1.29, 1.82) is 0 Å². The Morgan fingerprint density at radius 3 is 2.64 bits per heavy atom. The Balaban J connectivity index is 1.45. The summed E-state index contributed by atoms with van der Waals surface area (Å²) in [4.78, 5) is 23.9. The molecule has 0 spiro atoms. The molecule has 1 N–H and O–H groups in total. The SMILES string of the molecule is C[C@H](CC(=O)OCC(=O)Nc1ccc2c(c1)CCC2)c1ccccc1. The van der Waals surface area contributed by atoms with Gasteiger partial charge < -0.3 is 10.1 Å². The highest BCUT2D eigenvalue weighted by Crippen LogP contribution is 2.25. The van der Waals surface area contributed by atoms with Crippen molar-refractivity contribution in [3.63, 3.8) is 0 Å². The maximum Gasteiger partial charge on any atom is 0.306 e. The molecule has 4 nitrogen and oxygen atoms in total. The minimum atomic E-state index is -0.361. The highest BCUT2D eigenvalue weighted by molar-refractivity contribution is 5.93. The number of ether oxygens (including phenoxy) is 1. The summed E-state index contributed by atoms with van der Waals surface area (Å²) in [7, 11) is 0. The molecule has 25 heavy (non-hydrogen) atoms. The summed E-state index contributed by atoms with van der Waals surface area (Å²) < 4.78 is 5.11. The van der Waals surface area contributed by atoms with Crippen molar-refractivity contribution in [2.75, 3.05) is 11.9 Å². The summed E-state index contributed by atoms with van der Waals surface area (Å²) >= 11 is 0. The lowest BCUT2D eigenvalue weighted by atomic mass is 9.98. The predicted octanol–water partition coefficient (Wildman–Crippen LogP) is 3.85. The molecule has 0 bridgehead atoms. The van der Waals surface area contributed by atoms with Gasteiger partial charge in [-0.1, -0.05) is 43.3 Å². The molecule has 0 heterocycles. The maximum absolute atomic E-state index is 12.0. The van der Waals surface area contributed by atoms with Crippen LogP contribution in [0.1, 0.15) is 42.4 Å². The number of hydrogen-bond acceptors (Lipinski definition) is 3. The van der Waals surface area contributed by atoms with Crippen molar-refractivity contribution in [3.05, 3.63) is 65.2 Å². The standard InChI is InChI=1S/C21H23NO3/c1-15(16-6-3-2-4-7-16)12-21(24)25-14-20(23)22-19-11-10-17-8-5-9-18(17)13-19/h2-4,6-7,10-11,13,15H,5,8-9,12,14H2,1H3,(H,22,23)/t15-/m1/s1. The van der Waals surface area contributed by atoms with Crippen LogP contribution in [0.25, 0.3) is 0 Å². The van der Waals surface area contributed by atoms with Crippen LogP contribution in [0.2, 0.25) is 0 Å². The van der Waals surface area contributed by atoms with E-state index >= 15 is 0 Å². The first-order valence-corrected chi connectivity index (χ1v) is 8.74. The lowest BCUT2D eigenvalue weighted by molar-refractivity contribution is -0.147. The van der Waals surface area contributed by atoms with E-state index in [0.717, 1.165) is 24.1 Å². The van der Waals surface area contributed by atoms with E-state index in [1.165, 1.54) is 17.5 Å². The van der Waals surface area contributed by atoms with E-state index in [1.807, 2.05) is 49.4 Å². The average Bonchev–Trinajstić information content (AvgIpc) is 3.08. The third-order valence-electron chi connectivity index (χ3n) is 4.59. The lowest BCUT2D eigenvalue weighted by Gasteiger charge is -2.12. The van der Waals surface area contributed by atoms with E-state index in [0.29, 0.717) is 0 Å². The van der Waals surface area contributed by atoms with Crippen molar-refractivity contribution in [1.82, 2.24) is 0 Å². The van der Waals surface area contributed by atoms with Gasteiger partial charge in [-0.25, -0.2) is 0 Å². The van der Waals surface area contributed by atoms with Gasteiger partial charge in [-0.3, -0.25) is 9.59 Å². The predicted molar refractivity (Wildman–Crippen MR) is 97.5 cm³/mol. The highest BCUT2D eigenvalue weighted by atomic mass is 16.5. The number of carbonyl (C=O) groups excluding carboxylic acids is 2. The highest BCUT2D eigenvalue weighted by Gasteiger charge is 2.15. The van der Waals surface area contributed by atoms with Gasteiger partial charge in [-0.05, 0) is 54.0 Å². The summed E-state index contributed by atoms with van der Waals surface area (Å²) in [6.45, 7) is 1.72. The first-order valence-electron chi connectivity index (χ1n) is 8.74. The molecule has 0 saturated heterocycles. The normalized spacial score (nSPS) is 13.8. The van der Waals surface area contributed by atoms with Crippen molar-refractivity contribution in [2.45, 2.75) is 38.5 Å². The van der Waals surface area contributed by atoms with E-state index in [1.54, 1.807) is 0 Å². The van der Waals surface area contributed by atoms with Gasteiger partial charge in [-0.15, -0.1) is 0 Å². The van der Waals surface area contributed by atoms with Gasteiger partial charge >= 0.3 is 5.97 Å². The second-order valence-corrected chi connectivity index (χ2v) is 6.56. The fourth-order valence-corrected chi connectivity index (χ4v) is 3.20. The van der Waals surface area contributed by atoms with Gasteiger partial charge in [0.05, 0.1) is 6.42 Å². The Labute approximate surface area is 148 Å². The number of anilines is 1. The number of benzene rings is 2. The number of esters is 1. The first-order chi connectivity index (χ1) is 12.1. The van der Waals surface area contributed by atoms with Crippen LogP contribution in [0.3, 0.4) is 0 Å². The van der Waals surface area contributed by atoms with Gasteiger partial charge in [0.1, 0.15) is 0 Å². The molecule has 1 aliphatic carbocycles. The number of amides is 1. The molecular weight excluding hydrogens is 314 g/mol. The van der Waals surface area contributed by atoms with E-state index in [4.69, 9.17) is 4.74 Å². The first kappa shape index (κ1) is 17.2. The number of carbonyl (C=O) groups is 2. The van der Waals surface area contributed by atoms with Gasteiger partial charge in [0.2, 0.25) is 0 Å². The van der Waals surface area contributed by atoms with Crippen molar-refractivity contribution in [2.24, 2.45) is 0 Å². The Morgan fingerprint density at radius 2 is 1.84 bits per heavy atom. The quantitative estimate of drug-likeness (QED) is 0.815. The second-order valence-electron chi connectivity index (χ2n) is 6.56. The van der Waals surface area contributed by atoms with Crippen LogP contribution < -0.4 is 5.32 Å². The third-order valence-corrected chi connectivity index (χ3v) is 4.59. The molecule has 1 atom stereocenters. The summed E-state index contributed by atoms with van der Waals surface area (Å²) in [6.07, 6.45) is 3.60. The van der Waals surface area contributed by atoms with Crippen LogP contribution >= 0.6 is 0 Å². The van der Waals surface area contributed by atoms with Crippen LogP contribution in [-0.2, 0) is 27.2 Å².